The van der Waals surface area contributed by atoms with E-state index in [-0.39, 0.29) is 17.7 Å². The van der Waals surface area contributed by atoms with Crippen LogP contribution in [0.4, 0.5) is 0 Å². The van der Waals surface area contributed by atoms with Gasteiger partial charge in [-0.1, -0.05) is 47.7 Å². The summed E-state index contributed by atoms with van der Waals surface area (Å²) < 4.78 is 2.16. The molecule has 5 rings (SSSR count). The zero-order valence-electron chi connectivity index (χ0n) is 17.6. The number of thiophene rings is 1. The molecule has 6 nitrogen and oxygen atoms in total. The Balaban J connectivity index is 1.31. The minimum atomic E-state index is -0.157. The second-order valence-electron chi connectivity index (χ2n) is 7.86. The van der Waals surface area contributed by atoms with E-state index in [1.54, 1.807) is 23.7 Å². The second kappa shape index (κ2) is 9.26. The van der Waals surface area contributed by atoms with Gasteiger partial charge in [-0.15, -0.1) is 21.5 Å². The molecule has 3 heterocycles. The third-order valence-electron chi connectivity index (χ3n) is 5.37. The van der Waals surface area contributed by atoms with E-state index in [0.29, 0.717) is 6.04 Å². The number of amides is 1. The molecular formula is C24H23N5OS2. The van der Waals surface area contributed by atoms with Crippen molar-refractivity contribution in [2.75, 3.05) is 5.75 Å². The Morgan fingerprint density at radius 2 is 2.03 bits per heavy atom. The average molecular weight is 462 g/mol. The lowest BCUT2D eigenvalue weighted by atomic mass is 10.0. The number of benzene rings is 1. The molecule has 1 N–H and O–H groups in total. The van der Waals surface area contributed by atoms with Crippen LogP contribution in [-0.4, -0.2) is 31.4 Å². The smallest absolute Gasteiger partial charge is 0.231 e. The van der Waals surface area contributed by atoms with Crippen LogP contribution in [0.1, 0.15) is 40.9 Å². The Kier molecular flexibility index (Phi) is 6.05. The maximum atomic E-state index is 12.9. The Labute approximate surface area is 195 Å². The molecule has 1 aromatic carbocycles. The number of hydrogen-bond donors (Lipinski definition) is 1. The molecule has 162 valence electrons. The zero-order chi connectivity index (χ0) is 21.9. The summed E-state index contributed by atoms with van der Waals surface area (Å²) in [5, 5.41) is 14.8. The lowest BCUT2D eigenvalue weighted by molar-refractivity contribution is -0.119. The molecule has 8 heteroatoms. The number of aryl methyl sites for hydroxylation is 1. The minimum absolute atomic E-state index is 0.0257. The number of rotatable bonds is 8. The first kappa shape index (κ1) is 20.9. The molecule has 4 aromatic rings. The summed E-state index contributed by atoms with van der Waals surface area (Å²) in [7, 11) is 0. The van der Waals surface area contributed by atoms with E-state index >= 15 is 0 Å². The lowest BCUT2D eigenvalue weighted by Gasteiger charge is -2.18. The molecule has 3 aromatic heterocycles. The molecule has 32 heavy (non-hydrogen) atoms. The number of aromatic nitrogens is 4. The normalized spacial score (nSPS) is 14.3. The Morgan fingerprint density at radius 1 is 1.19 bits per heavy atom. The van der Waals surface area contributed by atoms with Gasteiger partial charge in [0.15, 0.2) is 11.0 Å². The highest BCUT2D eigenvalue weighted by atomic mass is 32.2. The fourth-order valence-electron chi connectivity index (χ4n) is 3.60. The van der Waals surface area contributed by atoms with Crippen LogP contribution in [0.25, 0.3) is 11.4 Å². The van der Waals surface area contributed by atoms with Gasteiger partial charge in [-0.25, -0.2) is 0 Å². The molecule has 1 aliphatic rings. The Morgan fingerprint density at radius 3 is 2.72 bits per heavy atom. The molecule has 1 saturated carbocycles. The summed E-state index contributed by atoms with van der Waals surface area (Å²) in [4.78, 5) is 18.3. The monoisotopic (exact) mass is 461 g/mol. The van der Waals surface area contributed by atoms with E-state index in [4.69, 9.17) is 0 Å². The number of nitrogens with zero attached hydrogens (tertiary/aromatic N) is 4. The maximum Gasteiger partial charge on any atom is 0.231 e. The van der Waals surface area contributed by atoms with Gasteiger partial charge in [0.2, 0.25) is 5.91 Å². The quantitative estimate of drug-likeness (QED) is 0.372. The summed E-state index contributed by atoms with van der Waals surface area (Å²) in [5.41, 5.74) is 3.22. The van der Waals surface area contributed by atoms with E-state index in [9.17, 15) is 4.79 Å². The number of carbonyl (C=O) groups is 1. The SMILES string of the molecule is Cc1ccc(C(NC(=O)CSc2nnc(-c3cccnc3)n2C2CC2)c2cccs2)cc1. The molecule has 1 unspecified atom stereocenters. The molecule has 0 bridgehead atoms. The number of thioether (sulfide) groups is 1. The van der Waals surface area contributed by atoms with Crippen molar-refractivity contribution in [2.24, 2.45) is 0 Å². The number of carbonyl (C=O) groups excluding carboxylic acids is 1. The molecule has 0 radical (unpaired) electrons. The zero-order valence-corrected chi connectivity index (χ0v) is 19.3. The fraction of sp³-hybridized carbons (Fsp3) is 0.250. The van der Waals surface area contributed by atoms with E-state index in [0.717, 1.165) is 39.8 Å². The van der Waals surface area contributed by atoms with Crippen LogP contribution in [0.2, 0.25) is 0 Å². The van der Waals surface area contributed by atoms with Crippen LogP contribution in [0.15, 0.2) is 71.5 Å². The van der Waals surface area contributed by atoms with Crippen molar-refractivity contribution in [3.8, 4) is 11.4 Å². The van der Waals surface area contributed by atoms with Crippen molar-refractivity contribution < 1.29 is 4.79 Å². The molecule has 1 amide bonds. The molecule has 1 atom stereocenters. The first-order chi connectivity index (χ1) is 15.7. The van der Waals surface area contributed by atoms with Crippen LogP contribution in [0.5, 0.6) is 0 Å². The van der Waals surface area contributed by atoms with Crippen molar-refractivity contribution >= 4 is 29.0 Å². The third-order valence-corrected chi connectivity index (χ3v) is 7.25. The van der Waals surface area contributed by atoms with Crippen LogP contribution in [0, 0.1) is 6.92 Å². The summed E-state index contributed by atoms with van der Waals surface area (Å²) >= 11 is 3.08. The van der Waals surface area contributed by atoms with Crippen molar-refractivity contribution in [1.82, 2.24) is 25.1 Å². The molecule has 0 spiro atoms. The van der Waals surface area contributed by atoms with Crippen LogP contribution in [0.3, 0.4) is 0 Å². The first-order valence-corrected chi connectivity index (χ1v) is 12.4. The first-order valence-electron chi connectivity index (χ1n) is 10.6. The highest BCUT2D eigenvalue weighted by Crippen LogP contribution is 2.41. The van der Waals surface area contributed by atoms with Crippen LogP contribution < -0.4 is 5.32 Å². The average Bonchev–Trinajstić information content (AvgIpc) is 3.33. The highest BCUT2D eigenvalue weighted by molar-refractivity contribution is 7.99. The topological polar surface area (TPSA) is 72.7 Å². The molecule has 0 saturated heterocycles. The number of nitrogens with one attached hydrogen (secondary N) is 1. The predicted molar refractivity (Wildman–Crippen MR) is 128 cm³/mol. The van der Waals surface area contributed by atoms with Gasteiger partial charge < -0.3 is 5.32 Å². The van der Waals surface area contributed by atoms with E-state index in [2.05, 4.69) is 62.3 Å². The van der Waals surface area contributed by atoms with Gasteiger partial charge in [-0.2, -0.15) is 0 Å². The Hall–Kier alpha value is -2.97. The van der Waals surface area contributed by atoms with Gasteiger partial charge in [0, 0.05) is 28.9 Å². The van der Waals surface area contributed by atoms with Crippen molar-refractivity contribution in [1.29, 1.82) is 0 Å². The van der Waals surface area contributed by atoms with Crippen LogP contribution in [-0.2, 0) is 4.79 Å². The van der Waals surface area contributed by atoms with Gasteiger partial charge in [-0.3, -0.25) is 14.3 Å². The Bertz CT molecular complexity index is 1190. The second-order valence-corrected chi connectivity index (χ2v) is 9.79. The van der Waals surface area contributed by atoms with Crippen molar-refractivity contribution in [3.63, 3.8) is 0 Å². The highest BCUT2D eigenvalue weighted by Gasteiger charge is 2.30. The molecular weight excluding hydrogens is 438 g/mol. The minimum Gasteiger partial charge on any atom is -0.344 e. The molecule has 1 fully saturated rings. The lowest BCUT2D eigenvalue weighted by Crippen LogP contribution is -2.30. The summed E-state index contributed by atoms with van der Waals surface area (Å²) in [6.07, 6.45) is 5.77. The van der Waals surface area contributed by atoms with Crippen molar-refractivity contribution in [2.45, 2.75) is 37.0 Å². The van der Waals surface area contributed by atoms with Gasteiger partial charge in [0.05, 0.1) is 11.8 Å². The third kappa shape index (κ3) is 4.61. The number of pyridine rings is 1. The van der Waals surface area contributed by atoms with Gasteiger partial charge >= 0.3 is 0 Å². The van der Waals surface area contributed by atoms with E-state index < -0.39 is 0 Å². The summed E-state index contributed by atoms with van der Waals surface area (Å²) in [6, 6.07) is 16.5. The largest absolute Gasteiger partial charge is 0.344 e. The maximum absolute atomic E-state index is 12.9. The number of hydrogen-bond acceptors (Lipinski definition) is 6. The summed E-state index contributed by atoms with van der Waals surface area (Å²) in [6.45, 7) is 2.06. The van der Waals surface area contributed by atoms with Crippen molar-refractivity contribution in [3.05, 3.63) is 82.3 Å². The predicted octanol–water partition coefficient (Wildman–Crippen LogP) is 5.04. The van der Waals surface area contributed by atoms with Gasteiger partial charge in [0.1, 0.15) is 0 Å². The van der Waals surface area contributed by atoms with Gasteiger partial charge in [-0.05, 0) is 48.9 Å². The summed E-state index contributed by atoms with van der Waals surface area (Å²) in [5.74, 6) is 1.08. The van der Waals surface area contributed by atoms with E-state index in [1.165, 1.54) is 17.3 Å². The van der Waals surface area contributed by atoms with Crippen LogP contribution >= 0.6 is 23.1 Å². The van der Waals surface area contributed by atoms with E-state index in [1.807, 2.05) is 23.6 Å². The fourth-order valence-corrected chi connectivity index (χ4v) is 5.21. The standard InChI is InChI=1S/C24H23N5OS2/c1-16-6-8-17(9-7-16)22(20-5-3-13-31-20)26-21(30)15-32-24-28-27-23(29(24)19-10-11-19)18-4-2-12-25-14-18/h2-9,12-14,19,22H,10-11,15H2,1H3,(H,26,30). The van der Waals surface area contributed by atoms with Gasteiger partial charge in [0.25, 0.3) is 0 Å². The molecule has 1 aliphatic carbocycles. The molecule has 0 aliphatic heterocycles.